The van der Waals surface area contributed by atoms with E-state index in [4.69, 9.17) is 4.74 Å². The van der Waals surface area contributed by atoms with Gasteiger partial charge in [-0.15, -0.1) is 0 Å². The highest BCUT2D eigenvalue weighted by atomic mass is 16.5. The van der Waals surface area contributed by atoms with Crippen LogP contribution in [0.1, 0.15) is 40.5 Å². The van der Waals surface area contributed by atoms with Crippen LogP contribution in [0.3, 0.4) is 0 Å². The topological polar surface area (TPSA) is 32.8 Å². The van der Waals surface area contributed by atoms with Gasteiger partial charge in [0.15, 0.2) is 0 Å². The Labute approximate surface area is 125 Å². The third-order valence-corrected chi connectivity index (χ3v) is 3.29. The van der Waals surface area contributed by atoms with Gasteiger partial charge in [0.05, 0.1) is 13.2 Å². The van der Waals surface area contributed by atoms with Crippen molar-refractivity contribution in [1.82, 2.24) is 9.80 Å². The molecule has 1 rings (SSSR count). The van der Waals surface area contributed by atoms with Gasteiger partial charge in [-0.3, -0.25) is 9.69 Å². The first kappa shape index (κ1) is 19.4. The van der Waals surface area contributed by atoms with Gasteiger partial charge in [0.1, 0.15) is 0 Å². The normalized spacial score (nSPS) is 16.0. The van der Waals surface area contributed by atoms with E-state index in [2.05, 4.69) is 18.7 Å². The number of amides is 1. The van der Waals surface area contributed by atoms with Gasteiger partial charge in [-0.1, -0.05) is 27.7 Å². The van der Waals surface area contributed by atoms with Gasteiger partial charge >= 0.3 is 0 Å². The Kier molecular flexibility index (Phi) is 10.8. The fourth-order valence-electron chi connectivity index (χ4n) is 2.06. The van der Waals surface area contributed by atoms with Gasteiger partial charge in [-0.05, 0) is 25.3 Å². The molecule has 1 heterocycles. The van der Waals surface area contributed by atoms with E-state index in [0.29, 0.717) is 0 Å². The molecule has 0 aliphatic carbocycles. The molecule has 4 heteroatoms. The summed E-state index contributed by atoms with van der Waals surface area (Å²) in [6, 6.07) is 0. The van der Waals surface area contributed by atoms with Crippen molar-refractivity contribution in [3.63, 3.8) is 0 Å². The highest BCUT2D eigenvalue weighted by Gasteiger charge is 2.09. The van der Waals surface area contributed by atoms with Crippen LogP contribution in [0.5, 0.6) is 0 Å². The third-order valence-electron chi connectivity index (χ3n) is 3.29. The fraction of sp³-hybridized carbons (Fsp3) is 0.938. The molecule has 1 saturated heterocycles. The van der Waals surface area contributed by atoms with E-state index in [0.717, 1.165) is 32.2 Å². The maximum Gasteiger partial charge on any atom is 0.224 e. The lowest BCUT2D eigenvalue weighted by atomic mass is 10.1. The minimum absolute atomic E-state index is 0.130. The van der Waals surface area contributed by atoms with Crippen LogP contribution in [0, 0.1) is 11.8 Å². The molecule has 0 aromatic rings. The van der Waals surface area contributed by atoms with Crippen molar-refractivity contribution >= 4 is 5.91 Å². The second-order valence-corrected chi connectivity index (χ2v) is 6.38. The molecule has 0 bridgehead atoms. The van der Waals surface area contributed by atoms with E-state index in [1.165, 1.54) is 19.4 Å². The van der Waals surface area contributed by atoms with Crippen LogP contribution in [0.4, 0.5) is 0 Å². The molecule has 0 atom stereocenters. The zero-order valence-electron chi connectivity index (χ0n) is 14.3. The smallest absolute Gasteiger partial charge is 0.224 e. The Morgan fingerprint density at radius 3 is 2.05 bits per heavy atom. The molecule has 1 aliphatic rings. The molecule has 0 saturated carbocycles. The number of morpholine rings is 1. The van der Waals surface area contributed by atoms with E-state index in [1.807, 2.05) is 13.8 Å². The summed E-state index contributed by atoms with van der Waals surface area (Å²) < 4.78 is 5.29. The van der Waals surface area contributed by atoms with Gasteiger partial charge in [-0.25, -0.2) is 0 Å². The van der Waals surface area contributed by atoms with Gasteiger partial charge in [-0.2, -0.15) is 0 Å². The average molecular weight is 286 g/mol. The number of rotatable bonds is 5. The molecule has 0 aromatic carbocycles. The molecule has 0 N–H and O–H groups in total. The summed E-state index contributed by atoms with van der Waals surface area (Å²) in [6.07, 6.45) is 2.70. The van der Waals surface area contributed by atoms with Gasteiger partial charge in [0.2, 0.25) is 5.91 Å². The Morgan fingerprint density at radius 1 is 1.15 bits per heavy atom. The van der Waals surface area contributed by atoms with Crippen LogP contribution < -0.4 is 0 Å². The molecule has 0 unspecified atom stereocenters. The zero-order valence-corrected chi connectivity index (χ0v) is 14.3. The predicted molar refractivity (Wildman–Crippen MR) is 84.9 cm³/mol. The first-order valence-electron chi connectivity index (χ1n) is 7.85. The maximum absolute atomic E-state index is 10.8. The molecule has 4 nitrogen and oxygen atoms in total. The van der Waals surface area contributed by atoms with Crippen molar-refractivity contribution in [1.29, 1.82) is 0 Å². The third kappa shape index (κ3) is 10.2. The summed E-state index contributed by atoms with van der Waals surface area (Å²) in [5.41, 5.74) is 0. The molecule has 20 heavy (non-hydrogen) atoms. The zero-order chi connectivity index (χ0) is 15.5. The van der Waals surface area contributed by atoms with E-state index >= 15 is 0 Å². The van der Waals surface area contributed by atoms with E-state index in [1.54, 1.807) is 19.0 Å². The summed E-state index contributed by atoms with van der Waals surface area (Å²) >= 11 is 0. The second kappa shape index (κ2) is 11.1. The Morgan fingerprint density at radius 2 is 1.70 bits per heavy atom. The van der Waals surface area contributed by atoms with E-state index < -0.39 is 0 Å². The summed E-state index contributed by atoms with van der Waals surface area (Å²) in [5.74, 6) is 1.17. The fourth-order valence-corrected chi connectivity index (χ4v) is 2.06. The first-order chi connectivity index (χ1) is 9.34. The highest BCUT2D eigenvalue weighted by Crippen LogP contribution is 2.05. The highest BCUT2D eigenvalue weighted by molar-refractivity contribution is 5.77. The SMILES string of the molecule is CC(C)C(=O)N(C)C.CC(C)CCCN1CCOCC1. The second-order valence-electron chi connectivity index (χ2n) is 6.38. The standard InChI is InChI=1S/C10H21NO.C6H13NO/c1-10(2)4-3-5-11-6-8-12-9-7-11;1-5(2)6(8)7(3)4/h10H,3-9H2,1-2H3;5H,1-4H3. The molecular formula is C16H34N2O2. The van der Waals surface area contributed by atoms with Crippen LogP contribution in [-0.4, -0.2) is 62.7 Å². The number of carbonyl (C=O) groups is 1. The number of nitrogens with zero attached hydrogens (tertiary/aromatic N) is 2. The molecule has 1 fully saturated rings. The molecule has 120 valence electrons. The monoisotopic (exact) mass is 286 g/mol. The van der Waals surface area contributed by atoms with Crippen LogP contribution in [0.15, 0.2) is 0 Å². The maximum atomic E-state index is 10.8. The van der Waals surface area contributed by atoms with Crippen molar-refractivity contribution in [2.75, 3.05) is 46.9 Å². The van der Waals surface area contributed by atoms with Crippen molar-refractivity contribution in [3.05, 3.63) is 0 Å². The number of hydrogen-bond acceptors (Lipinski definition) is 3. The van der Waals surface area contributed by atoms with Crippen LogP contribution >= 0.6 is 0 Å². The quantitative estimate of drug-likeness (QED) is 0.778. The summed E-state index contributed by atoms with van der Waals surface area (Å²) in [6.45, 7) is 13.8. The Bertz CT molecular complexity index is 237. The van der Waals surface area contributed by atoms with Crippen LogP contribution in [0.2, 0.25) is 0 Å². The number of carbonyl (C=O) groups excluding carboxylic acids is 1. The predicted octanol–water partition coefficient (Wildman–Crippen LogP) is 2.49. The van der Waals surface area contributed by atoms with Crippen molar-refractivity contribution in [3.8, 4) is 0 Å². The summed E-state index contributed by atoms with van der Waals surface area (Å²) in [4.78, 5) is 14.9. The first-order valence-corrected chi connectivity index (χ1v) is 7.85. The van der Waals surface area contributed by atoms with Crippen molar-refractivity contribution < 1.29 is 9.53 Å². The molecule has 0 spiro atoms. The molecular weight excluding hydrogens is 252 g/mol. The van der Waals surface area contributed by atoms with Crippen molar-refractivity contribution in [2.24, 2.45) is 11.8 Å². The van der Waals surface area contributed by atoms with Gasteiger partial charge < -0.3 is 9.64 Å². The lowest BCUT2D eigenvalue weighted by Gasteiger charge is -2.26. The molecule has 0 aromatic heterocycles. The van der Waals surface area contributed by atoms with E-state index in [-0.39, 0.29) is 11.8 Å². The minimum atomic E-state index is 0.130. The number of hydrogen-bond donors (Lipinski definition) is 0. The lowest BCUT2D eigenvalue weighted by Crippen LogP contribution is -2.36. The molecule has 0 radical (unpaired) electrons. The van der Waals surface area contributed by atoms with Gasteiger partial charge in [0.25, 0.3) is 0 Å². The molecule has 1 amide bonds. The van der Waals surface area contributed by atoms with Gasteiger partial charge in [0, 0.05) is 33.1 Å². The summed E-state index contributed by atoms with van der Waals surface area (Å²) in [7, 11) is 3.53. The lowest BCUT2D eigenvalue weighted by molar-refractivity contribution is -0.131. The van der Waals surface area contributed by atoms with Crippen LogP contribution in [0.25, 0.3) is 0 Å². The Balaban J connectivity index is 0.000000396. The van der Waals surface area contributed by atoms with Crippen LogP contribution in [-0.2, 0) is 9.53 Å². The number of ether oxygens (including phenoxy) is 1. The van der Waals surface area contributed by atoms with Crippen molar-refractivity contribution in [2.45, 2.75) is 40.5 Å². The largest absolute Gasteiger partial charge is 0.379 e. The Hall–Kier alpha value is -0.610. The van der Waals surface area contributed by atoms with E-state index in [9.17, 15) is 4.79 Å². The minimum Gasteiger partial charge on any atom is -0.379 e. The average Bonchev–Trinajstić information content (AvgIpc) is 2.39. The molecule has 1 aliphatic heterocycles. The summed E-state index contributed by atoms with van der Waals surface area (Å²) in [5, 5.41) is 0.